The summed E-state index contributed by atoms with van der Waals surface area (Å²) in [5.41, 5.74) is 1.09. The average Bonchev–Trinajstić information content (AvgIpc) is 3.23. The highest BCUT2D eigenvalue weighted by Gasteiger charge is 2.27. The van der Waals surface area contributed by atoms with Crippen LogP contribution in [0.25, 0.3) is 10.2 Å². The van der Waals surface area contributed by atoms with Crippen molar-refractivity contribution in [1.82, 2.24) is 9.97 Å². The lowest BCUT2D eigenvalue weighted by atomic mass is 9.97. The highest BCUT2D eigenvalue weighted by molar-refractivity contribution is 7.18. The van der Waals surface area contributed by atoms with Gasteiger partial charge in [0.15, 0.2) is 11.5 Å². The molecule has 0 spiro atoms. The molecule has 33 heavy (non-hydrogen) atoms. The number of carbonyl (C=O) groups excluding carboxylic acids is 1. The molecule has 5 rings (SSSR count). The molecule has 2 aliphatic heterocycles. The molecule has 3 aromatic rings. The summed E-state index contributed by atoms with van der Waals surface area (Å²) in [6.45, 7) is 7.60. The Morgan fingerprint density at radius 1 is 1.18 bits per heavy atom. The Balaban J connectivity index is 1.34. The number of aryl methyl sites for hydroxylation is 1. The Bertz CT molecular complexity index is 1160. The lowest BCUT2D eigenvalue weighted by molar-refractivity contribution is -0.148. The van der Waals surface area contributed by atoms with Gasteiger partial charge in [-0.2, -0.15) is 4.98 Å². The molecule has 2 aliphatic rings. The number of piperidine rings is 1. The Labute approximate surface area is 196 Å². The normalized spacial score (nSPS) is 16.1. The lowest BCUT2D eigenvalue weighted by Gasteiger charge is -2.31. The molecular weight excluding hydrogens is 440 g/mol. The van der Waals surface area contributed by atoms with E-state index in [1.807, 2.05) is 25.1 Å². The molecule has 0 saturated carbocycles. The van der Waals surface area contributed by atoms with E-state index < -0.39 is 0 Å². The van der Waals surface area contributed by atoms with Gasteiger partial charge in [0.1, 0.15) is 23.9 Å². The van der Waals surface area contributed by atoms with E-state index in [4.69, 9.17) is 24.2 Å². The van der Waals surface area contributed by atoms with Crippen molar-refractivity contribution in [3.05, 3.63) is 34.7 Å². The zero-order valence-corrected chi connectivity index (χ0v) is 19.7. The van der Waals surface area contributed by atoms with Crippen LogP contribution in [-0.2, 0) is 16.1 Å². The van der Waals surface area contributed by atoms with Gasteiger partial charge in [0.2, 0.25) is 5.95 Å². The standard InChI is InChI=1S/C24H28N4O4S/c1-3-30-23(29)17-6-8-28(9-7-17)24-26-21(18-12-15(2)33-22(18)27-24)25-14-16-4-5-19-20(13-16)32-11-10-31-19/h4-5,12-13,17H,3,6-11,14H2,1-2H3,(H,25,26,27). The fraction of sp³-hybridized carbons (Fsp3) is 0.458. The summed E-state index contributed by atoms with van der Waals surface area (Å²) >= 11 is 1.67. The molecule has 174 valence electrons. The van der Waals surface area contributed by atoms with Gasteiger partial charge in [0, 0.05) is 24.5 Å². The second-order valence-corrected chi connectivity index (χ2v) is 9.53. The fourth-order valence-corrected chi connectivity index (χ4v) is 5.14. The van der Waals surface area contributed by atoms with Gasteiger partial charge >= 0.3 is 5.97 Å². The average molecular weight is 469 g/mol. The highest BCUT2D eigenvalue weighted by atomic mass is 32.1. The van der Waals surface area contributed by atoms with Gasteiger partial charge in [-0.15, -0.1) is 11.3 Å². The van der Waals surface area contributed by atoms with E-state index >= 15 is 0 Å². The second kappa shape index (κ2) is 9.43. The molecule has 1 fully saturated rings. The van der Waals surface area contributed by atoms with Crippen molar-refractivity contribution in [2.75, 3.05) is 43.1 Å². The molecule has 9 heteroatoms. The van der Waals surface area contributed by atoms with Gasteiger partial charge in [-0.05, 0) is 50.5 Å². The number of nitrogens with one attached hydrogen (secondary N) is 1. The SMILES string of the molecule is CCOC(=O)C1CCN(c2nc(NCc3ccc4c(c3)OCCO4)c3cc(C)sc3n2)CC1. The fourth-order valence-electron chi connectivity index (χ4n) is 4.27. The van der Waals surface area contributed by atoms with Crippen LogP contribution in [0, 0.1) is 12.8 Å². The summed E-state index contributed by atoms with van der Waals surface area (Å²) in [7, 11) is 0. The van der Waals surface area contributed by atoms with E-state index in [0.717, 1.165) is 59.0 Å². The first-order valence-electron chi connectivity index (χ1n) is 11.4. The van der Waals surface area contributed by atoms with Crippen molar-refractivity contribution >= 4 is 39.3 Å². The molecule has 0 bridgehead atoms. The molecule has 4 heterocycles. The van der Waals surface area contributed by atoms with Crippen molar-refractivity contribution < 1.29 is 19.0 Å². The number of benzene rings is 1. The zero-order valence-electron chi connectivity index (χ0n) is 18.9. The van der Waals surface area contributed by atoms with Crippen molar-refractivity contribution in [2.45, 2.75) is 33.2 Å². The molecule has 1 N–H and O–H groups in total. The largest absolute Gasteiger partial charge is 0.486 e. The molecule has 0 aliphatic carbocycles. The minimum atomic E-state index is -0.0933. The first-order chi connectivity index (χ1) is 16.1. The molecule has 1 aromatic carbocycles. The molecular formula is C24H28N4O4S. The highest BCUT2D eigenvalue weighted by Crippen LogP contribution is 2.33. The number of hydrogen-bond donors (Lipinski definition) is 1. The first kappa shape index (κ1) is 21.8. The summed E-state index contributed by atoms with van der Waals surface area (Å²) < 4.78 is 16.5. The summed E-state index contributed by atoms with van der Waals surface area (Å²) in [4.78, 5) is 26.1. The van der Waals surface area contributed by atoms with Crippen LogP contribution < -0.4 is 19.7 Å². The van der Waals surface area contributed by atoms with E-state index in [1.54, 1.807) is 11.3 Å². The van der Waals surface area contributed by atoms with Crippen molar-refractivity contribution in [3.63, 3.8) is 0 Å². The van der Waals surface area contributed by atoms with Crippen LogP contribution >= 0.6 is 11.3 Å². The lowest BCUT2D eigenvalue weighted by Crippen LogP contribution is -2.38. The van der Waals surface area contributed by atoms with E-state index in [0.29, 0.717) is 32.3 Å². The maximum absolute atomic E-state index is 12.1. The van der Waals surface area contributed by atoms with Gasteiger partial charge in [0.05, 0.1) is 17.9 Å². The van der Waals surface area contributed by atoms with Crippen LogP contribution in [0.1, 0.15) is 30.2 Å². The molecule has 1 saturated heterocycles. The van der Waals surface area contributed by atoms with Crippen LogP contribution in [0.4, 0.5) is 11.8 Å². The smallest absolute Gasteiger partial charge is 0.309 e. The van der Waals surface area contributed by atoms with Crippen molar-refractivity contribution in [1.29, 1.82) is 0 Å². The van der Waals surface area contributed by atoms with Crippen LogP contribution in [-0.4, -0.2) is 48.8 Å². The number of hydrogen-bond acceptors (Lipinski definition) is 9. The third-order valence-corrected chi connectivity index (χ3v) is 6.91. The molecule has 0 atom stereocenters. The maximum Gasteiger partial charge on any atom is 0.309 e. The number of aromatic nitrogens is 2. The van der Waals surface area contributed by atoms with Crippen LogP contribution in [0.3, 0.4) is 0 Å². The van der Waals surface area contributed by atoms with Crippen LogP contribution in [0.2, 0.25) is 0 Å². The van der Waals surface area contributed by atoms with E-state index in [-0.39, 0.29) is 11.9 Å². The van der Waals surface area contributed by atoms with E-state index in [2.05, 4.69) is 23.2 Å². The van der Waals surface area contributed by atoms with E-state index in [1.165, 1.54) is 4.88 Å². The number of thiophene rings is 1. The molecule has 0 amide bonds. The quantitative estimate of drug-likeness (QED) is 0.540. The summed E-state index contributed by atoms with van der Waals surface area (Å²) in [5, 5.41) is 4.53. The molecule has 0 radical (unpaired) electrons. The molecule has 8 nitrogen and oxygen atoms in total. The van der Waals surface area contributed by atoms with Gasteiger partial charge in [-0.3, -0.25) is 4.79 Å². The van der Waals surface area contributed by atoms with Gasteiger partial charge < -0.3 is 24.4 Å². The predicted molar refractivity (Wildman–Crippen MR) is 128 cm³/mol. The Kier molecular flexibility index (Phi) is 6.22. The Morgan fingerprint density at radius 2 is 1.97 bits per heavy atom. The second-order valence-electron chi connectivity index (χ2n) is 8.29. The minimum absolute atomic E-state index is 0.0401. The zero-order chi connectivity index (χ0) is 22.8. The monoisotopic (exact) mass is 468 g/mol. The van der Waals surface area contributed by atoms with Crippen LogP contribution in [0.15, 0.2) is 24.3 Å². The molecule has 0 unspecified atom stereocenters. The number of rotatable bonds is 6. The van der Waals surface area contributed by atoms with E-state index in [9.17, 15) is 4.79 Å². The van der Waals surface area contributed by atoms with Crippen LogP contribution in [0.5, 0.6) is 11.5 Å². The number of nitrogens with zero attached hydrogens (tertiary/aromatic N) is 3. The minimum Gasteiger partial charge on any atom is -0.486 e. The number of anilines is 2. The number of carbonyl (C=O) groups is 1. The first-order valence-corrected chi connectivity index (χ1v) is 12.2. The van der Waals surface area contributed by atoms with Gasteiger partial charge in [-0.25, -0.2) is 4.98 Å². The van der Waals surface area contributed by atoms with Gasteiger partial charge in [-0.1, -0.05) is 6.07 Å². The Morgan fingerprint density at radius 3 is 2.76 bits per heavy atom. The summed E-state index contributed by atoms with van der Waals surface area (Å²) in [6.07, 6.45) is 1.51. The van der Waals surface area contributed by atoms with Crippen molar-refractivity contribution in [2.24, 2.45) is 5.92 Å². The third kappa shape index (κ3) is 4.68. The summed E-state index contributed by atoms with van der Waals surface area (Å²) in [6, 6.07) is 8.14. The maximum atomic E-state index is 12.1. The molecule has 2 aromatic heterocycles. The van der Waals surface area contributed by atoms with Crippen molar-refractivity contribution in [3.8, 4) is 11.5 Å². The summed E-state index contributed by atoms with van der Waals surface area (Å²) in [5.74, 6) is 2.96. The topological polar surface area (TPSA) is 85.8 Å². The van der Waals surface area contributed by atoms with Gasteiger partial charge in [0.25, 0.3) is 0 Å². The number of esters is 1. The number of ether oxygens (including phenoxy) is 3. The number of fused-ring (bicyclic) bond motifs is 2. The Hall–Kier alpha value is -3.07. The predicted octanol–water partition coefficient (Wildman–Crippen LogP) is 4.16. The third-order valence-electron chi connectivity index (χ3n) is 5.97.